The van der Waals surface area contributed by atoms with Crippen LogP contribution >= 0.6 is 22.7 Å². The second kappa shape index (κ2) is 12.9. The predicted molar refractivity (Wildman–Crippen MR) is 157 cm³/mol. The van der Waals surface area contributed by atoms with E-state index in [1.807, 2.05) is 37.3 Å². The molecule has 2 amide bonds. The molecule has 4 aromatic rings. The second-order valence-corrected chi connectivity index (χ2v) is 12.0. The van der Waals surface area contributed by atoms with Gasteiger partial charge in [-0.3, -0.25) is 9.59 Å². The van der Waals surface area contributed by atoms with E-state index < -0.39 is 0 Å². The maximum absolute atomic E-state index is 12.6. The molecule has 0 aliphatic heterocycles. The molecule has 2 aromatic heterocycles. The summed E-state index contributed by atoms with van der Waals surface area (Å²) in [6, 6.07) is 15.0. The van der Waals surface area contributed by atoms with Crippen LogP contribution in [0.4, 0.5) is 16.0 Å². The summed E-state index contributed by atoms with van der Waals surface area (Å²) >= 11 is 2.86. The molecule has 9 nitrogen and oxygen atoms in total. The number of hydrogen-bond donors (Lipinski definition) is 2. The molecule has 2 heterocycles. The molecule has 2 N–H and O–H groups in total. The van der Waals surface area contributed by atoms with E-state index in [9.17, 15) is 9.59 Å². The quantitative estimate of drug-likeness (QED) is 0.186. The number of aromatic nitrogens is 4. The smallest absolute Gasteiger partial charge is 0.230 e. The van der Waals surface area contributed by atoms with Gasteiger partial charge in [0.2, 0.25) is 22.1 Å². The van der Waals surface area contributed by atoms with Gasteiger partial charge in [0.15, 0.2) is 5.69 Å². The third-order valence-electron chi connectivity index (χ3n) is 6.85. The van der Waals surface area contributed by atoms with Crippen molar-refractivity contribution in [1.82, 2.24) is 20.4 Å². The molecule has 5 rings (SSSR count). The second-order valence-electron chi connectivity index (χ2n) is 10.0. The minimum absolute atomic E-state index is 0.102. The third kappa shape index (κ3) is 7.34. The molecule has 1 saturated carbocycles. The maximum atomic E-state index is 12.6. The average molecular weight is 572 g/mol. The van der Waals surface area contributed by atoms with Crippen molar-refractivity contribution in [1.29, 1.82) is 0 Å². The number of anilines is 2. The van der Waals surface area contributed by atoms with Crippen molar-refractivity contribution < 1.29 is 9.59 Å². The van der Waals surface area contributed by atoms with Gasteiger partial charge in [0.05, 0.1) is 19.4 Å². The summed E-state index contributed by atoms with van der Waals surface area (Å²) in [5.74, 6) is 0.155. The highest BCUT2D eigenvalue weighted by Crippen LogP contribution is 2.42. The highest BCUT2D eigenvalue weighted by atomic mass is 32.1. The Morgan fingerprint density at radius 2 is 1.40 bits per heavy atom. The molecule has 11 heteroatoms. The zero-order valence-electron chi connectivity index (χ0n) is 22.1. The van der Waals surface area contributed by atoms with Gasteiger partial charge < -0.3 is 10.6 Å². The molecule has 1 aliphatic carbocycles. The van der Waals surface area contributed by atoms with Crippen LogP contribution in [0.3, 0.4) is 0 Å². The van der Waals surface area contributed by atoms with Gasteiger partial charge in [0.1, 0.15) is 10.0 Å². The van der Waals surface area contributed by atoms with Gasteiger partial charge in [-0.1, -0.05) is 89.6 Å². The molecule has 2 atom stereocenters. The van der Waals surface area contributed by atoms with Crippen LogP contribution in [0.5, 0.6) is 0 Å². The van der Waals surface area contributed by atoms with Gasteiger partial charge in [0.25, 0.3) is 0 Å². The van der Waals surface area contributed by atoms with Gasteiger partial charge in [-0.25, -0.2) is 4.85 Å². The predicted octanol–water partition coefficient (Wildman–Crippen LogP) is 6.44. The van der Waals surface area contributed by atoms with Crippen molar-refractivity contribution in [2.24, 2.45) is 0 Å². The van der Waals surface area contributed by atoms with Crippen molar-refractivity contribution >= 4 is 50.4 Å². The Bertz CT molecular complexity index is 1540. The number of carbonyl (C=O) groups is 2. The number of rotatable bonds is 8. The summed E-state index contributed by atoms with van der Waals surface area (Å²) in [5, 5.41) is 25.9. The fourth-order valence-electron chi connectivity index (χ4n) is 4.97. The lowest BCUT2D eigenvalue weighted by Gasteiger charge is -2.15. The van der Waals surface area contributed by atoms with Crippen LogP contribution in [0.1, 0.15) is 70.6 Å². The summed E-state index contributed by atoms with van der Waals surface area (Å²) < 4.78 is 0. The molecular formula is C29H29N7O2S2. The summed E-state index contributed by atoms with van der Waals surface area (Å²) in [7, 11) is 0. The van der Waals surface area contributed by atoms with E-state index in [1.54, 1.807) is 18.2 Å². The molecule has 1 aliphatic rings. The summed E-state index contributed by atoms with van der Waals surface area (Å²) in [5.41, 5.74) is 3.39. The van der Waals surface area contributed by atoms with E-state index in [1.165, 1.54) is 22.7 Å². The number of carbonyl (C=O) groups excluding carboxylic acids is 2. The number of nitrogens with zero attached hydrogens (tertiary/aromatic N) is 5. The molecule has 40 heavy (non-hydrogen) atoms. The van der Waals surface area contributed by atoms with Crippen molar-refractivity contribution in [2.45, 2.75) is 63.7 Å². The zero-order valence-corrected chi connectivity index (χ0v) is 23.7. The first-order chi connectivity index (χ1) is 19.4. The van der Waals surface area contributed by atoms with Crippen LogP contribution in [0.2, 0.25) is 0 Å². The lowest BCUT2D eigenvalue weighted by molar-refractivity contribution is -0.116. The standard InChI is InChI=1S/C29H29N7O2S2/c1-18-7-5-8-19(13-18)15-24(37)31-28-35-33-26(39-28)21-10-3-4-11-22(17-21)27-34-36-29(40-27)32-25(38)16-20-9-6-12-23(14-20)30-2/h5-9,12-14,21-22H,3-4,10-11,15-17H2,1H3,(H,31,35,37)(H,32,36,38). The number of aryl methyl sites for hydroxylation is 1. The van der Waals surface area contributed by atoms with E-state index in [0.29, 0.717) is 22.4 Å². The Labute approximate surface area is 240 Å². The molecule has 0 bridgehead atoms. The maximum Gasteiger partial charge on any atom is 0.230 e. The van der Waals surface area contributed by atoms with Crippen LogP contribution < -0.4 is 10.6 Å². The van der Waals surface area contributed by atoms with Crippen LogP contribution in [0, 0.1) is 13.5 Å². The fourth-order valence-corrected chi connectivity index (χ4v) is 6.78. The monoisotopic (exact) mass is 571 g/mol. The van der Waals surface area contributed by atoms with Crippen LogP contribution in [0.15, 0.2) is 48.5 Å². The number of hydrogen-bond acceptors (Lipinski definition) is 8. The zero-order chi connectivity index (χ0) is 27.9. The van der Waals surface area contributed by atoms with Crippen molar-refractivity contribution in [2.75, 3.05) is 10.6 Å². The van der Waals surface area contributed by atoms with Crippen LogP contribution in [-0.4, -0.2) is 32.2 Å². The topological polar surface area (TPSA) is 114 Å². The van der Waals surface area contributed by atoms with Crippen molar-refractivity contribution in [3.05, 3.63) is 86.7 Å². The number of nitrogens with one attached hydrogen (secondary N) is 2. The van der Waals surface area contributed by atoms with Crippen molar-refractivity contribution in [3.63, 3.8) is 0 Å². The first kappa shape index (κ1) is 27.6. The Morgan fingerprint density at radius 1 is 0.850 bits per heavy atom. The van der Waals surface area contributed by atoms with Crippen LogP contribution in [-0.2, 0) is 22.4 Å². The summed E-state index contributed by atoms with van der Waals surface area (Å²) in [4.78, 5) is 28.5. The highest BCUT2D eigenvalue weighted by Gasteiger charge is 2.28. The van der Waals surface area contributed by atoms with Gasteiger partial charge in [0, 0.05) is 11.8 Å². The molecule has 2 unspecified atom stereocenters. The molecule has 0 spiro atoms. The Morgan fingerprint density at radius 3 is 1.95 bits per heavy atom. The minimum atomic E-state index is -0.186. The van der Waals surface area contributed by atoms with E-state index in [-0.39, 0.29) is 30.1 Å². The van der Waals surface area contributed by atoms with Gasteiger partial charge in [-0.15, -0.1) is 20.4 Å². The number of amides is 2. The van der Waals surface area contributed by atoms with Crippen LogP contribution in [0.25, 0.3) is 4.85 Å². The first-order valence-corrected chi connectivity index (χ1v) is 14.9. The summed E-state index contributed by atoms with van der Waals surface area (Å²) in [6.45, 7) is 9.15. The lowest BCUT2D eigenvalue weighted by Crippen LogP contribution is -2.14. The average Bonchev–Trinajstić information content (AvgIpc) is 3.52. The Kier molecular flexibility index (Phi) is 8.88. The Hall–Kier alpha value is -4.01. The molecule has 204 valence electrons. The molecule has 2 aromatic carbocycles. The molecule has 1 fully saturated rings. The van der Waals surface area contributed by atoms with E-state index in [0.717, 1.165) is 58.8 Å². The highest BCUT2D eigenvalue weighted by molar-refractivity contribution is 7.15. The third-order valence-corrected chi connectivity index (χ3v) is 8.85. The molecule has 0 saturated heterocycles. The van der Waals surface area contributed by atoms with E-state index in [4.69, 9.17) is 6.57 Å². The normalized spacial score (nSPS) is 17.0. The van der Waals surface area contributed by atoms with E-state index >= 15 is 0 Å². The largest absolute Gasteiger partial charge is 0.300 e. The molecule has 0 radical (unpaired) electrons. The van der Waals surface area contributed by atoms with Gasteiger partial charge in [-0.2, -0.15) is 0 Å². The summed E-state index contributed by atoms with van der Waals surface area (Å²) in [6.07, 6.45) is 5.52. The van der Waals surface area contributed by atoms with E-state index in [2.05, 4.69) is 35.9 Å². The lowest BCUT2D eigenvalue weighted by atomic mass is 9.94. The van der Waals surface area contributed by atoms with Gasteiger partial charge in [-0.05, 0) is 37.3 Å². The van der Waals surface area contributed by atoms with Gasteiger partial charge >= 0.3 is 0 Å². The van der Waals surface area contributed by atoms with Crippen molar-refractivity contribution in [3.8, 4) is 0 Å². The fraction of sp³-hybridized carbons (Fsp3) is 0.345. The Balaban J connectivity index is 1.18. The minimum Gasteiger partial charge on any atom is -0.300 e. The SMILES string of the molecule is [C-]#[N+]c1cccc(CC(=O)Nc2nnc(C3CCCCC(c4nnc(NC(=O)Cc5cccc(C)c5)s4)C3)s2)c1. The number of benzene rings is 2. The molecular weight excluding hydrogens is 543 g/mol. The first-order valence-electron chi connectivity index (χ1n) is 13.2.